The first-order valence-corrected chi connectivity index (χ1v) is 10.0. The van der Waals surface area contributed by atoms with E-state index in [2.05, 4.69) is 23.3 Å². The molecule has 2 rings (SSSR count). The summed E-state index contributed by atoms with van der Waals surface area (Å²) in [4.78, 5) is 11.6. The van der Waals surface area contributed by atoms with Gasteiger partial charge < -0.3 is 24.8 Å². The van der Waals surface area contributed by atoms with Crippen LogP contribution in [0, 0.1) is 11.3 Å². The number of hydrogen-bond acceptors (Lipinski definition) is 6. The van der Waals surface area contributed by atoms with Crippen LogP contribution < -0.4 is 20.1 Å². The number of anilines is 2. The minimum absolute atomic E-state index is 0.388. The Morgan fingerprint density at radius 1 is 1.10 bits per heavy atom. The third-order valence-corrected chi connectivity index (χ3v) is 3.80. The molecule has 31 heavy (non-hydrogen) atoms. The predicted molar refractivity (Wildman–Crippen MR) is 121 cm³/mol. The van der Waals surface area contributed by atoms with E-state index in [1.807, 2.05) is 51.1 Å². The van der Waals surface area contributed by atoms with Crippen LogP contribution in [0.15, 0.2) is 55.1 Å². The number of carbonyl (C=O) groups is 1. The number of nitrogens with one attached hydrogen (secondary N) is 2. The summed E-state index contributed by atoms with van der Waals surface area (Å²) in [6, 6.07) is 14.9. The van der Waals surface area contributed by atoms with Gasteiger partial charge in [-0.2, -0.15) is 5.26 Å². The molecule has 1 amide bonds. The summed E-state index contributed by atoms with van der Waals surface area (Å²) in [5.74, 6) is 1.32. The minimum atomic E-state index is -0.527. The van der Waals surface area contributed by atoms with Gasteiger partial charge in [-0.05, 0) is 63.6 Å². The topological polar surface area (TPSA) is 92.6 Å². The maximum absolute atomic E-state index is 11.6. The van der Waals surface area contributed by atoms with Gasteiger partial charge in [0.2, 0.25) is 0 Å². The van der Waals surface area contributed by atoms with E-state index in [0.29, 0.717) is 37.5 Å². The number of carbonyl (C=O) groups excluding carboxylic acids is 1. The van der Waals surface area contributed by atoms with Crippen molar-refractivity contribution in [3.05, 3.63) is 60.7 Å². The monoisotopic (exact) mass is 423 g/mol. The molecular weight excluding hydrogens is 394 g/mol. The maximum atomic E-state index is 11.6. The smallest absolute Gasteiger partial charge is 0.407 e. The molecule has 2 aromatic rings. The van der Waals surface area contributed by atoms with E-state index < -0.39 is 11.7 Å². The SMILES string of the molecule is C=CCOc1ccc(Nc2cc(C#N)cc(OCCCNC(=O)OC(C)(C)C)c2)cc1. The van der Waals surface area contributed by atoms with E-state index in [1.165, 1.54) is 0 Å². The van der Waals surface area contributed by atoms with Crippen LogP contribution in [0.1, 0.15) is 32.8 Å². The molecule has 0 radical (unpaired) electrons. The van der Waals surface area contributed by atoms with Crippen molar-refractivity contribution < 1.29 is 19.0 Å². The molecule has 0 saturated carbocycles. The van der Waals surface area contributed by atoms with Crippen LogP contribution in [-0.4, -0.2) is 31.5 Å². The van der Waals surface area contributed by atoms with Crippen molar-refractivity contribution in [1.29, 1.82) is 5.26 Å². The van der Waals surface area contributed by atoms with Crippen LogP contribution in [0.5, 0.6) is 11.5 Å². The van der Waals surface area contributed by atoms with Gasteiger partial charge >= 0.3 is 6.09 Å². The Kier molecular flexibility index (Phi) is 8.77. The molecule has 0 fully saturated rings. The first-order valence-electron chi connectivity index (χ1n) is 10.0. The van der Waals surface area contributed by atoms with Gasteiger partial charge in [-0.3, -0.25) is 0 Å². The number of benzene rings is 2. The van der Waals surface area contributed by atoms with Gasteiger partial charge in [0.05, 0.1) is 18.2 Å². The van der Waals surface area contributed by atoms with Crippen molar-refractivity contribution in [2.75, 3.05) is 25.1 Å². The molecule has 0 unspecified atom stereocenters. The highest BCUT2D eigenvalue weighted by Crippen LogP contribution is 2.25. The molecule has 0 spiro atoms. The van der Waals surface area contributed by atoms with E-state index in [1.54, 1.807) is 18.2 Å². The van der Waals surface area contributed by atoms with Gasteiger partial charge in [-0.1, -0.05) is 12.7 Å². The van der Waals surface area contributed by atoms with Crippen LogP contribution >= 0.6 is 0 Å². The molecule has 0 aliphatic heterocycles. The Morgan fingerprint density at radius 3 is 2.48 bits per heavy atom. The number of amides is 1. The average molecular weight is 424 g/mol. The van der Waals surface area contributed by atoms with Crippen LogP contribution in [0.2, 0.25) is 0 Å². The number of rotatable bonds is 10. The first-order chi connectivity index (χ1) is 14.8. The van der Waals surface area contributed by atoms with E-state index in [-0.39, 0.29) is 0 Å². The van der Waals surface area contributed by atoms with E-state index in [9.17, 15) is 10.1 Å². The normalized spacial score (nSPS) is 10.5. The maximum Gasteiger partial charge on any atom is 0.407 e. The van der Waals surface area contributed by atoms with E-state index >= 15 is 0 Å². The summed E-state index contributed by atoms with van der Waals surface area (Å²) in [6.07, 6.45) is 1.84. The van der Waals surface area contributed by atoms with Crippen LogP contribution in [0.4, 0.5) is 16.2 Å². The van der Waals surface area contributed by atoms with Gasteiger partial charge in [0.25, 0.3) is 0 Å². The number of nitrogens with zero attached hydrogens (tertiary/aromatic N) is 1. The molecule has 0 bridgehead atoms. The Labute approximate surface area is 183 Å². The second kappa shape index (κ2) is 11.5. The third-order valence-electron chi connectivity index (χ3n) is 3.80. The molecule has 7 nitrogen and oxygen atoms in total. The number of hydrogen-bond donors (Lipinski definition) is 2. The fourth-order valence-electron chi connectivity index (χ4n) is 2.54. The van der Waals surface area contributed by atoms with Crippen LogP contribution in [0.25, 0.3) is 0 Å². The zero-order valence-corrected chi connectivity index (χ0v) is 18.2. The highest BCUT2D eigenvalue weighted by Gasteiger charge is 2.15. The number of alkyl carbamates (subject to hydrolysis) is 1. The lowest BCUT2D eigenvalue weighted by molar-refractivity contribution is 0.0525. The van der Waals surface area contributed by atoms with Crippen molar-refractivity contribution in [3.8, 4) is 17.6 Å². The zero-order chi connectivity index (χ0) is 22.7. The van der Waals surface area contributed by atoms with Gasteiger partial charge in [-0.15, -0.1) is 0 Å². The van der Waals surface area contributed by atoms with Crippen LogP contribution in [0.3, 0.4) is 0 Å². The average Bonchev–Trinajstić information content (AvgIpc) is 2.71. The number of ether oxygens (including phenoxy) is 3. The molecule has 164 valence electrons. The van der Waals surface area contributed by atoms with Gasteiger partial charge in [-0.25, -0.2) is 4.79 Å². The lowest BCUT2D eigenvalue weighted by Crippen LogP contribution is -2.33. The first kappa shape index (κ1) is 23.6. The molecule has 7 heteroatoms. The largest absolute Gasteiger partial charge is 0.493 e. The van der Waals surface area contributed by atoms with E-state index in [0.717, 1.165) is 17.1 Å². The molecule has 0 aromatic heterocycles. The van der Waals surface area contributed by atoms with Crippen molar-refractivity contribution in [2.45, 2.75) is 32.8 Å². The van der Waals surface area contributed by atoms with Gasteiger partial charge in [0, 0.05) is 24.0 Å². The minimum Gasteiger partial charge on any atom is -0.493 e. The molecule has 0 aliphatic rings. The molecule has 0 heterocycles. The summed E-state index contributed by atoms with van der Waals surface area (Å²) in [6.45, 7) is 10.3. The molecule has 0 saturated heterocycles. The summed E-state index contributed by atoms with van der Waals surface area (Å²) >= 11 is 0. The highest BCUT2D eigenvalue weighted by atomic mass is 16.6. The Balaban J connectivity index is 1.88. The van der Waals surface area contributed by atoms with Crippen LogP contribution in [-0.2, 0) is 4.74 Å². The van der Waals surface area contributed by atoms with E-state index in [4.69, 9.17) is 14.2 Å². The molecular formula is C24H29N3O4. The Bertz CT molecular complexity index is 912. The molecule has 2 N–H and O–H groups in total. The molecule has 0 aliphatic carbocycles. The zero-order valence-electron chi connectivity index (χ0n) is 18.2. The lowest BCUT2D eigenvalue weighted by Gasteiger charge is -2.19. The quantitative estimate of drug-likeness (QED) is 0.405. The summed E-state index contributed by atoms with van der Waals surface area (Å²) in [5.41, 5.74) is 1.55. The second-order valence-electron chi connectivity index (χ2n) is 7.74. The fraction of sp³-hybridized carbons (Fsp3) is 0.333. The van der Waals surface area contributed by atoms with Crippen molar-refractivity contribution in [3.63, 3.8) is 0 Å². The number of nitriles is 1. The Morgan fingerprint density at radius 2 is 1.84 bits per heavy atom. The predicted octanol–water partition coefficient (Wildman–Crippen LogP) is 5.16. The van der Waals surface area contributed by atoms with Crippen molar-refractivity contribution in [2.24, 2.45) is 0 Å². The molecule has 2 aromatic carbocycles. The summed E-state index contributed by atoms with van der Waals surface area (Å²) < 4.78 is 16.4. The summed E-state index contributed by atoms with van der Waals surface area (Å²) in [5, 5.41) is 15.3. The van der Waals surface area contributed by atoms with Crippen molar-refractivity contribution >= 4 is 17.5 Å². The third kappa shape index (κ3) is 9.13. The Hall–Kier alpha value is -3.66. The standard InChI is InChI=1S/C24H29N3O4/c1-5-12-29-21-9-7-19(8-10-21)27-20-14-18(17-25)15-22(16-20)30-13-6-11-26-23(28)31-24(2,3)4/h5,7-10,14-16,27H,1,6,11-13H2,2-4H3,(H,26,28). The fourth-order valence-corrected chi connectivity index (χ4v) is 2.54. The van der Waals surface area contributed by atoms with Gasteiger partial charge in [0.1, 0.15) is 23.7 Å². The lowest BCUT2D eigenvalue weighted by atomic mass is 10.2. The summed E-state index contributed by atoms with van der Waals surface area (Å²) in [7, 11) is 0. The molecule has 0 atom stereocenters. The highest BCUT2D eigenvalue weighted by molar-refractivity contribution is 5.67. The van der Waals surface area contributed by atoms with Gasteiger partial charge in [0.15, 0.2) is 0 Å². The van der Waals surface area contributed by atoms with Crippen molar-refractivity contribution in [1.82, 2.24) is 5.32 Å². The second-order valence-corrected chi connectivity index (χ2v) is 7.74.